The maximum atomic E-state index is 13.5. The molecule has 2 aromatic carbocycles. The summed E-state index contributed by atoms with van der Waals surface area (Å²) in [5.74, 6) is -0.208. The molecule has 232 valence electrons. The average molecular weight is 653 g/mol. The van der Waals surface area contributed by atoms with Crippen molar-refractivity contribution in [2.75, 3.05) is 11.9 Å². The Hall–Kier alpha value is -3.35. The Morgan fingerprint density at radius 1 is 1.12 bits per heavy atom. The van der Waals surface area contributed by atoms with Gasteiger partial charge in [0.1, 0.15) is 12.4 Å². The molecule has 2 aromatic rings. The summed E-state index contributed by atoms with van der Waals surface area (Å²) < 4.78 is 20.2. The summed E-state index contributed by atoms with van der Waals surface area (Å²) in [4.78, 5) is 22.4. The number of rotatable bonds is 11. The molecule has 3 rings (SSSR count). The van der Waals surface area contributed by atoms with Gasteiger partial charge in [-0.25, -0.2) is 4.39 Å². The first-order valence-electron chi connectivity index (χ1n) is 14.8. The monoisotopic (exact) mass is 651 g/mol. The molecule has 0 aliphatic carbocycles. The summed E-state index contributed by atoms with van der Waals surface area (Å²) in [6.45, 7) is 19.4. The molecule has 0 spiro atoms. The summed E-state index contributed by atoms with van der Waals surface area (Å²) in [6, 6.07) is 12.6. The molecule has 1 heterocycles. The van der Waals surface area contributed by atoms with E-state index in [4.69, 9.17) is 4.74 Å². The molecular formula is C37H47BrFNO3. The quantitative estimate of drug-likeness (QED) is 0.246. The predicted molar refractivity (Wildman–Crippen MR) is 184 cm³/mol. The fourth-order valence-corrected chi connectivity index (χ4v) is 4.68. The second-order valence-electron chi connectivity index (χ2n) is 9.95. The minimum absolute atomic E-state index is 0.0315. The van der Waals surface area contributed by atoms with E-state index < -0.39 is 0 Å². The maximum Gasteiger partial charge on any atom is 0.228 e. The van der Waals surface area contributed by atoms with E-state index in [9.17, 15) is 14.0 Å². The van der Waals surface area contributed by atoms with E-state index in [0.29, 0.717) is 6.42 Å². The van der Waals surface area contributed by atoms with Crippen molar-refractivity contribution in [2.24, 2.45) is 0 Å². The van der Waals surface area contributed by atoms with Gasteiger partial charge in [0.05, 0.1) is 12.5 Å². The zero-order valence-corrected chi connectivity index (χ0v) is 28.5. The third kappa shape index (κ3) is 12.4. The molecule has 0 saturated heterocycles. The Morgan fingerprint density at radius 2 is 1.77 bits per heavy atom. The average Bonchev–Trinajstić information content (AvgIpc) is 3.36. The number of hydrogen-bond donors (Lipinski definition) is 1. The maximum absolute atomic E-state index is 13.5. The molecule has 0 saturated carbocycles. The van der Waals surface area contributed by atoms with Crippen LogP contribution in [0.5, 0.6) is 0 Å². The second kappa shape index (κ2) is 19.8. The summed E-state index contributed by atoms with van der Waals surface area (Å²) >= 11 is 3.43. The van der Waals surface area contributed by atoms with Crippen LogP contribution in [0.4, 0.5) is 10.1 Å². The molecule has 4 nitrogen and oxygen atoms in total. The van der Waals surface area contributed by atoms with Crippen molar-refractivity contribution >= 4 is 38.9 Å². The number of halogens is 2. The van der Waals surface area contributed by atoms with Gasteiger partial charge in [0.15, 0.2) is 5.78 Å². The van der Waals surface area contributed by atoms with Crippen molar-refractivity contribution in [3.8, 4) is 0 Å². The molecule has 1 aliphatic heterocycles. The van der Waals surface area contributed by atoms with Gasteiger partial charge in [-0.2, -0.15) is 0 Å². The van der Waals surface area contributed by atoms with Crippen molar-refractivity contribution < 1.29 is 18.7 Å². The summed E-state index contributed by atoms with van der Waals surface area (Å²) in [5.41, 5.74) is 8.13. The Kier molecular flexibility index (Phi) is 17.3. The number of carbonyl (C=O) groups excluding carboxylic acids is 2. The number of Topliss-reactive ketones (excluding diaryl/α,β-unsaturated/α-hetero) is 1. The van der Waals surface area contributed by atoms with Crippen LogP contribution in [0.3, 0.4) is 0 Å². The van der Waals surface area contributed by atoms with E-state index in [2.05, 4.69) is 46.9 Å². The van der Waals surface area contributed by atoms with Crippen molar-refractivity contribution in [3.63, 3.8) is 0 Å². The number of carbonyl (C=O) groups is 2. The first-order chi connectivity index (χ1) is 20.5. The lowest BCUT2D eigenvalue weighted by molar-refractivity contribution is -0.122. The highest BCUT2D eigenvalue weighted by Gasteiger charge is 2.19. The van der Waals surface area contributed by atoms with Gasteiger partial charge in [-0.1, -0.05) is 98.3 Å². The van der Waals surface area contributed by atoms with E-state index in [1.807, 2.05) is 65.8 Å². The molecule has 1 N–H and O–H groups in total. The molecule has 1 amide bonds. The van der Waals surface area contributed by atoms with Gasteiger partial charge in [0.2, 0.25) is 5.91 Å². The Labute approximate surface area is 266 Å². The molecule has 0 radical (unpaired) electrons. The van der Waals surface area contributed by atoms with Crippen LogP contribution < -0.4 is 5.32 Å². The van der Waals surface area contributed by atoms with Gasteiger partial charge in [0, 0.05) is 5.69 Å². The van der Waals surface area contributed by atoms with Crippen molar-refractivity contribution in [2.45, 2.75) is 80.8 Å². The number of nitrogens with one attached hydrogen (secondary N) is 1. The number of anilines is 1. The largest absolute Gasteiger partial charge is 0.366 e. The van der Waals surface area contributed by atoms with E-state index in [1.54, 1.807) is 18.2 Å². The van der Waals surface area contributed by atoms with E-state index in [1.165, 1.54) is 24.6 Å². The van der Waals surface area contributed by atoms with Gasteiger partial charge in [0.25, 0.3) is 0 Å². The first-order valence-corrected chi connectivity index (χ1v) is 15.6. The molecule has 1 atom stereocenters. The van der Waals surface area contributed by atoms with Gasteiger partial charge < -0.3 is 10.1 Å². The number of fused-ring (bicyclic) bond motifs is 1. The van der Waals surface area contributed by atoms with Crippen molar-refractivity contribution in [1.82, 2.24) is 0 Å². The molecular weight excluding hydrogens is 605 g/mol. The van der Waals surface area contributed by atoms with Gasteiger partial charge in [-0.15, -0.1) is 0 Å². The number of ketones is 1. The molecule has 0 aromatic heterocycles. The van der Waals surface area contributed by atoms with Crippen molar-refractivity contribution in [1.29, 1.82) is 0 Å². The molecule has 0 bridgehead atoms. The number of ether oxygens (including phenoxy) is 1. The van der Waals surface area contributed by atoms with Crippen LogP contribution in [0, 0.1) is 5.82 Å². The minimum atomic E-state index is -0.302. The summed E-state index contributed by atoms with van der Waals surface area (Å²) in [7, 11) is 0. The standard InChI is InChI=1S/C24H28BrFO2.C11H13NO.C2H6/c1-7-20(10-9-16(3)25)18(5)24(21-11-13-22(26)14-12-21)23(8-2)19(6)28-15-17(4)27;1-2-3-8-4-5-10-9(6-8)7-11(13)12-10;1-2/h7-14,19H,1,15H2,2-6H3;4-6H,2-3,7H2,1H3,(H,12,13);1-2H3/b16-9+,20-10+,23-8-,24-18-;;. The third-order valence-electron chi connectivity index (χ3n) is 6.56. The molecule has 1 aliphatic rings. The second-order valence-corrected chi connectivity index (χ2v) is 11.2. The topological polar surface area (TPSA) is 55.4 Å². The van der Waals surface area contributed by atoms with Gasteiger partial charge in [-0.3, -0.25) is 9.59 Å². The highest BCUT2D eigenvalue weighted by atomic mass is 79.9. The van der Waals surface area contributed by atoms with Crippen LogP contribution in [0.2, 0.25) is 0 Å². The zero-order valence-electron chi connectivity index (χ0n) is 26.9. The number of aryl methyl sites for hydroxylation is 1. The molecule has 43 heavy (non-hydrogen) atoms. The van der Waals surface area contributed by atoms with E-state index in [-0.39, 0.29) is 30.2 Å². The highest BCUT2D eigenvalue weighted by molar-refractivity contribution is 9.11. The normalized spacial score (nSPS) is 14.3. The predicted octanol–water partition coefficient (Wildman–Crippen LogP) is 10.1. The van der Waals surface area contributed by atoms with Crippen LogP contribution >= 0.6 is 15.9 Å². The lowest BCUT2D eigenvalue weighted by Gasteiger charge is -2.22. The SMILES string of the molecule is C=CC(=C\C=C(/C)Br)/C(C)=C(\C(=C/C)C(C)OCC(C)=O)c1ccc(F)cc1.CC.CCCc1ccc2c(c1)CC(=O)N2. The Bertz CT molecular complexity index is 1360. The van der Waals surface area contributed by atoms with Gasteiger partial charge in [-0.05, 0) is 103 Å². The van der Waals surface area contributed by atoms with Crippen LogP contribution in [-0.4, -0.2) is 24.4 Å². The summed E-state index contributed by atoms with van der Waals surface area (Å²) in [6.07, 6.45) is 10.2. The zero-order chi connectivity index (χ0) is 32.5. The lowest BCUT2D eigenvalue weighted by Crippen LogP contribution is -2.17. The Morgan fingerprint density at radius 3 is 2.30 bits per heavy atom. The first kappa shape index (κ1) is 37.7. The van der Waals surface area contributed by atoms with Crippen LogP contribution in [0.15, 0.2) is 94.5 Å². The van der Waals surface area contributed by atoms with E-state index in [0.717, 1.165) is 56.4 Å². The fourth-order valence-electron chi connectivity index (χ4n) is 4.55. The van der Waals surface area contributed by atoms with Gasteiger partial charge >= 0.3 is 0 Å². The number of amides is 1. The molecule has 1 unspecified atom stereocenters. The molecule has 6 heteroatoms. The smallest absolute Gasteiger partial charge is 0.228 e. The lowest BCUT2D eigenvalue weighted by atomic mass is 9.87. The van der Waals surface area contributed by atoms with Crippen LogP contribution in [0.25, 0.3) is 5.57 Å². The Balaban J connectivity index is 0.000000507. The van der Waals surface area contributed by atoms with Crippen LogP contribution in [0.1, 0.15) is 78.5 Å². The van der Waals surface area contributed by atoms with Crippen LogP contribution in [-0.2, 0) is 27.2 Å². The highest BCUT2D eigenvalue weighted by Crippen LogP contribution is 2.34. The number of hydrogen-bond acceptors (Lipinski definition) is 3. The summed E-state index contributed by atoms with van der Waals surface area (Å²) in [5, 5.41) is 2.83. The van der Waals surface area contributed by atoms with Crippen molar-refractivity contribution in [3.05, 3.63) is 117 Å². The van der Waals surface area contributed by atoms with E-state index >= 15 is 0 Å². The fraction of sp³-hybridized carbons (Fsp3) is 0.351. The number of benzene rings is 2. The molecule has 0 fully saturated rings. The number of allylic oxidation sites excluding steroid dienone is 7. The minimum Gasteiger partial charge on any atom is -0.366 e. The third-order valence-corrected chi connectivity index (χ3v) is 6.83.